The summed E-state index contributed by atoms with van der Waals surface area (Å²) in [5, 5.41) is 0. The van der Waals surface area contributed by atoms with Crippen molar-refractivity contribution in [1.29, 1.82) is 0 Å². The zero-order valence-electron chi connectivity index (χ0n) is 9.68. The van der Waals surface area contributed by atoms with Crippen LogP contribution in [0.2, 0.25) is 0 Å². The summed E-state index contributed by atoms with van der Waals surface area (Å²) < 4.78 is 5.32. The fourth-order valence-corrected chi connectivity index (χ4v) is 2.59. The molecule has 0 bridgehead atoms. The molecule has 1 aliphatic carbocycles. The lowest BCUT2D eigenvalue weighted by Gasteiger charge is -2.14. The summed E-state index contributed by atoms with van der Waals surface area (Å²) in [5.41, 5.74) is 4.29. The van der Waals surface area contributed by atoms with E-state index in [1.54, 1.807) is 7.11 Å². The van der Waals surface area contributed by atoms with Gasteiger partial charge in [0.05, 0.1) is 7.11 Å². The number of carbonyl (C=O) groups excluding carboxylic acids is 1. The quantitative estimate of drug-likeness (QED) is 0.703. The lowest BCUT2D eigenvalue weighted by atomic mass is 9.94. The average Bonchev–Trinajstić information content (AvgIpc) is 2.48. The summed E-state index contributed by atoms with van der Waals surface area (Å²) in [6.45, 7) is 6.12. The first-order valence-corrected chi connectivity index (χ1v) is 5.27. The third-order valence-corrected chi connectivity index (χ3v) is 3.27. The number of Topliss-reactive ketones (excluding diaryl/α,β-unsaturated/α-hetero) is 1. The van der Waals surface area contributed by atoms with Crippen molar-refractivity contribution in [2.75, 3.05) is 7.11 Å². The van der Waals surface area contributed by atoms with Gasteiger partial charge in [0.25, 0.3) is 0 Å². The Morgan fingerprint density at radius 2 is 2.07 bits per heavy atom. The van der Waals surface area contributed by atoms with Crippen LogP contribution in [-0.2, 0) is 0 Å². The summed E-state index contributed by atoms with van der Waals surface area (Å²) in [5.74, 6) is 1.51. The second kappa shape index (κ2) is 3.37. The number of rotatable bonds is 1. The van der Waals surface area contributed by atoms with Crippen molar-refractivity contribution in [3.8, 4) is 5.75 Å². The molecule has 2 heteroatoms. The topological polar surface area (TPSA) is 26.3 Å². The third-order valence-electron chi connectivity index (χ3n) is 3.27. The number of benzene rings is 1. The molecule has 1 aromatic carbocycles. The molecule has 0 amide bonds. The van der Waals surface area contributed by atoms with E-state index in [0.29, 0.717) is 12.3 Å². The van der Waals surface area contributed by atoms with E-state index < -0.39 is 0 Å². The van der Waals surface area contributed by atoms with E-state index in [1.807, 2.05) is 19.9 Å². The monoisotopic (exact) mass is 204 g/mol. The smallest absolute Gasteiger partial charge is 0.164 e. The van der Waals surface area contributed by atoms with E-state index in [-0.39, 0.29) is 5.78 Å². The van der Waals surface area contributed by atoms with Gasteiger partial charge < -0.3 is 4.74 Å². The summed E-state index contributed by atoms with van der Waals surface area (Å²) in [4.78, 5) is 11.8. The van der Waals surface area contributed by atoms with E-state index in [2.05, 4.69) is 6.92 Å². The van der Waals surface area contributed by atoms with Gasteiger partial charge in [0.2, 0.25) is 0 Å². The number of hydrogen-bond acceptors (Lipinski definition) is 2. The van der Waals surface area contributed by atoms with Crippen molar-refractivity contribution in [2.24, 2.45) is 0 Å². The Morgan fingerprint density at radius 1 is 1.40 bits per heavy atom. The second-order valence-corrected chi connectivity index (χ2v) is 4.34. The van der Waals surface area contributed by atoms with Gasteiger partial charge in [-0.25, -0.2) is 0 Å². The standard InChI is InChI=1S/C13H16O2/c1-7-5-10(14)13-8(2)6-11(15-4)9(3)12(7)13/h6-7H,5H2,1-4H3. The SMILES string of the molecule is COc1cc(C)c2c(c1C)C(C)CC2=O. The van der Waals surface area contributed by atoms with Crippen LogP contribution in [0.15, 0.2) is 6.07 Å². The first-order valence-electron chi connectivity index (χ1n) is 5.27. The number of ether oxygens (including phenoxy) is 1. The molecule has 0 spiro atoms. The van der Waals surface area contributed by atoms with E-state index in [9.17, 15) is 4.79 Å². The molecular formula is C13H16O2. The Hall–Kier alpha value is -1.31. The highest BCUT2D eigenvalue weighted by molar-refractivity contribution is 6.03. The molecule has 0 N–H and O–H groups in total. The molecule has 0 radical (unpaired) electrons. The van der Waals surface area contributed by atoms with Crippen LogP contribution in [0.1, 0.15) is 46.3 Å². The largest absolute Gasteiger partial charge is 0.496 e. The molecule has 0 aliphatic heterocycles. The van der Waals surface area contributed by atoms with Gasteiger partial charge in [-0.05, 0) is 42.5 Å². The van der Waals surface area contributed by atoms with E-state index >= 15 is 0 Å². The molecule has 0 saturated carbocycles. The molecule has 80 valence electrons. The molecule has 0 fully saturated rings. The van der Waals surface area contributed by atoms with Crippen LogP contribution in [0.4, 0.5) is 0 Å². The van der Waals surface area contributed by atoms with Crippen LogP contribution >= 0.6 is 0 Å². The van der Waals surface area contributed by atoms with Gasteiger partial charge in [0.15, 0.2) is 5.78 Å². The summed E-state index contributed by atoms with van der Waals surface area (Å²) >= 11 is 0. The maximum absolute atomic E-state index is 11.8. The van der Waals surface area contributed by atoms with Crippen LogP contribution in [0.5, 0.6) is 5.75 Å². The summed E-state index contributed by atoms with van der Waals surface area (Å²) in [6.07, 6.45) is 0.643. The maximum Gasteiger partial charge on any atom is 0.164 e. The van der Waals surface area contributed by atoms with Crippen molar-refractivity contribution < 1.29 is 9.53 Å². The average molecular weight is 204 g/mol. The molecule has 15 heavy (non-hydrogen) atoms. The van der Waals surface area contributed by atoms with E-state index in [4.69, 9.17) is 4.74 Å². The van der Waals surface area contributed by atoms with Crippen molar-refractivity contribution in [2.45, 2.75) is 33.1 Å². The first kappa shape index (κ1) is 10.2. The summed E-state index contributed by atoms with van der Waals surface area (Å²) in [6, 6.07) is 1.96. The molecule has 0 heterocycles. The maximum atomic E-state index is 11.8. The molecule has 0 saturated heterocycles. The van der Waals surface area contributed by atoms with Gasteiger partial charge in [-0.1, -0.05) is 6.92 Å². The number of ketones is 1. The predicted molar refractivity (Wildman–Crippen MR) is 59.8 cm³/mol. The number of hydrogen-bond donors (Lipinski definition) is 0. The fraction of sp³-hybridized carbons (Fsp3) is 0.462. The normalized spacial score (nSPS) is 19.2. The van der Waals surface area contributed by atoms with Crippen LogP contribution in [-0.4, -0.2) is 12.9 Å². The minimum atomic E-state index is 0.278. The first-order chi connectivity index (χ1) is 7.06. The zero-order valence-corrected chi connectivity index (χ0v) is 9.68. The fourth-order valence-electron chi connectivity index (χ4n) is 2.59. The summed E-state index contributed by atoms with van der Waals surface area (Å²) in [7, 11) is 1.68. The Balaban J connectivity index is 2.74. The lowest BCUT2D eigenvalue weighted by molar-refractivity contribution is 0.0989. The zero-order chi connectivity index (χ0) is 11.2. The number of fused-ring (bicyclic) bond motifs is 1. The highest BCUT2D eigenvalue weighted by atomic mass is 16.5. The molecule has 0 aromatic heterocycles. The molecule has 2 rings (SSSR count). The van der Waals surface area contributed by atoms with Gasteiger partial charge in [-0.15, -0.1) is 0 Å². The van der Waals surface area contributed by atoms with Gasteiger partial charge in [-0.2, -0.15) is 0 Å². The highest BCUT2D eigenvalue weighted by Gasteiger charge is 2.30. The minimum Gasteiger partial charge on any atom is -0.496 e. The van der Waals surface area contributed by atoms with E-state index in [0.717, 1.165) is 22.4 Å². The Morgan fingerprint density at radius 3 is 2.67 bits per heavy atom. The number of aryl methyl sites for hydroxylation is 1. The van der Waals surface area contributed by atoms with Crippen molar-refractivity contribution >= 4 is 5.78 Å². The lowest BCUT2D eigenvalue weighted by Crippen LogP contribution is -2.00. The molecular weight excluding hydrogens is 188 g/mol. The van der Waals surface area contributed by atoms with Gasteiger partial charge in [-0.3, -0.25) is 4.79 Å². The van der Waals surface area contributed by atoms with Gasteiger partial charge in [0, 0.05) is 12.0 Å². The molecule has 1 unspecified atom stereocenters. The number of methoxy groups -OCH3 is 1. The van der Waals surface area contributed by atoms with Crippen molar-refractivity contribution in [1.82, 2.24) is 0 Å². The molecule has 2 nitrogen and oxygen atoms in total. The molecule has 1 aliphatic rings. The van der Waals surface area contributed by atoms with Gasteiger partial charge in [0.1, 0.15) is 5.75 Å². The Labute approximate surface area is 90.3 Å². The second-order valence-electron chi connectivity index (χ2n) is 4.34. The Bertz CT molecular complexity index is 433. The van der Waals surface area contributed by atoms with Gasteiger partial charge >= 0.3 is 0 Å². The predicted octanol–water partition coefficient (Wildman–Crippen LogP) is 3.00. The molecule has 1 atom stereocenters. The third kappa shape index (κ3) is 1.36. The Kier molecular flexibility index (Phi) is 2.29. The van der Waals surface area contributed by atoms with Crippen molar-refractivity contribution in [3.63, 3.8) is 0 Å². The van der Waals surface area contributed by atoms with Crippen LogP contribution in [0, 0.1) is 13.8 Å². The molecule has 1 aromatic rings. The van der Waals surface area contributed by atoms with Crippen LogP contribution in [0.25, 0.3) is 0 Å². The number of carbonyl (C=O) groups is 1. The van der Waals surface area contributed by atoms with E-state index in [1.165, 1.54) is 5.56 Å². The van der Waals surface area contributed by atoms with Crippen molar-refractivity contribution in [3.05, 3.63) is 28.3 Å². The van der Waals surface area contributed by atoms with Crippen LogP contribution in [0.3, 0.4) is 0 Å². The minimum absolute atomic E-state index is 0.278. The van der Waals surface area contributed by atoms with Crippen LogP contribution < -0.4 is 4.74 Å². The highest BCUT2D eigenvalue weighted by Crippen LogP contribution is 2.40.